The van der Waals surface area contributed by atoms with Gasteiger partial charge in [-0.1, -0.05) is 29.8 Å². The van der Waals surface area contributed by atoms with Gasteiger partial charge in [-0.05, 0) is 63.4 Å². The molecule has 170 valence electrons. The van der Waals surface area contributed by atoms with Crippen LogP contribution in [0.2, 0.25) is 5.02 Å². The number of hydrogen-bond acceptors (Lipinski definition) is 4. The first-order valence-electron chi connectivity index (χ1n) is 11.1. The lowest BCUT2D eigenvalue weighted by Crippen LogP contribution is -2.40. The number of nitrogens with zero attached hydrogens (tertiary/aromatic N) is 3. The summed E-state index contributed by atoms with van der Waals surface area (Å²) in [5.74, 6) is -0.165. The molecule has 2 aliphatic heterocycles. The van der Waals surface area contributed by atoms with Crippen molar-refractivity contribution in [2.45, 2.75) is 45.8 Å². The number of fused-ring (bicyclic) bond motifs is 1. The van der Waals surface area contributed by atoms with Crippen LogP contribution in [0.25, 0.3) is 0 Å². The summed E-state index contributed by atoms with van der Waals surface area (Å²) in [6.45, 7) is 8.70. The van der Waals surface area contributed by atoms with Gasteiger partial charge in [0.25, 0.3) is 5.91 Å². The molecule has 0 saturated carbocycles. The Labute approximate surface area is 194 Å². The van der Waals surface area contributed by atoms with Gasteiger partial charge < -0.3 is 19.4 Å². The minimum Gasteiger partial charge on any atom is -0.444 e. The summed E-state index contributed by atoms with van der Waals surface area (Å²) in [5, 5.41) is 0.449. The molecule has 1 saturated heterocycles. The molecule has 0 atom stereocenters. The minimum atomic E-state index is -0.580. The van der Waals surface area contributed by atoms with Crippen LogP contribution in [-0.2, 0) is 11.3 Å². The summed E-state index contributed by atoms with van der Waals surface area (Å²) >= 11 is 6.58. The fourth-order valence-electron chi connectivity index (χ4n) is 4.22. The number of ether oxygens (including phenoxy) is 1. The first kappa shape index (κ1) is 22.5. The Morgan fingerprint density at radius 2 is 1.69 bits per heavy atom. The Bertz CT molecular complexity index is 1010. The number of hydrogen-bond donors (Lipinski definition) is 0. The lowest BCUT2D eigenvalue weighted by atomic mass is 10.1. The van der Waals surface area contributed by atoms with E-state index < -0.39 is 5.60 Å². The highest BCUT2D eigenvalue weighted by atomic mass is 35.5. The average molecular weight is 456 g/mol. The zero-order chi connectivity index (χ0) is 22.9. The molecule has 2 aliphatic rings. The molecule has 0 unspecified atom stereocenters. The Kier molecular flexibility index (Phi) is 6.33. The van der Waals surface area contributed by atoms with Crippen molar-refractivity contribution >= 4 is 35.0 Å². The lowest BCUT2D eigenvalue weighted by Gasteiger charge is -2.26. The first-order chi connectivity index (χ1) is 15.2. The average Bonchev–Trinajstić information content (AvgIpc) is 3.20. The van der Waals surface area contributed by atoms with E-state index in [4.69, 9.17) is 16.3 Å². The molecule has 2 heterocycles. The van der Waals surface area contributed by atoms with E-state index in [-0.39, 0.29) is 12.0 Å². The molecule has 4 rings (SSSR count). The highest BCUT2D eigenvalue weighted by molar-refractivity contribution is 6.34. The van der Waals surface area contributed by atoms with Crippen molar-refractivity contribution in [3.8, 4) is 0 Å². The second-order valence-corrected chi connectivity index (χ2v) is 9.75. The van der Waals surface area contributed by atoms with E-state index in [0.29, 0.717) is 30.2 Å². The van der Waals surface area contributed by atoms with E-state index in [9.17, 15) is 9.59 Å². The Hall–Kier alpha value is -2.73. The van der Waals surface area contributed by atoms with Crippen LogP contribution in [0.15, 0.2) is 42.5 Å². The summed E-state index contributed by atoms with van der Waals surface area (Å²) in [4.78, 5) is 31.9. The number of amides is 2. The lowest BCUT2D eigenvalue weighted by molar-refractivity contribution is 0.0242. The molecule has 7 heteroatoms. The molecular formula is C25H30ClN3O3. The molecule has 0 bridgehead atoms. The highest BCUT2D eigenvalue weighted by Crippen LogP contribution is 2.31. The van der Waals surface area contributed by atoms with Crippen LogP contribution in [0, 0.1) is 0 Å². The molecule has 0 aliphatic carbocycles. The predicted octanol–water partition coefficient (Wildman–Crippen LogP) is 5.34. The van der Waals surface area contributed by atoms with E-state index in [1.807, 2.05) is 63.2 Å². The van der Waals surface area contributed by atoms with Gasteiger partial charge in [0.2, 0.25) is 0 Å². The Morgan fingerprint density at radius 3 is 2.38 bits per heavy atom. The van der Waals surface area contributed by atoms with Crippen molar-refractivity contribution in [1.29, 1.82) is 0 Å². The molecule has 2 aromatic rings. The summed E-state index contributed by atoms with van der Waals surface area (Å²) in [7, 11) is 0. The quantitative estimate of drug-likeness (QED) is 0.613. The number of halogens is 1. The highest BCUT2D eigenvalue weighted by Gasteiger charge is 2.30. The third-order valence-electron chi connectivity index (χ3n) is 5.79. The molecule has 1 fully saturated rings. The summed E-state index contributed by atoms with van der Waals surface area (Å²) in [6.07, 6.45) is 1.98. The summed E-state index contributed by atoms with van der Waals surface area (Å²) < 4.78 is 5.57. The van der Waals surface area contributed by atoms with E-state index in [2.05, 4.69) is 4.90 Å². The maximum absolute atomic E-state index is 13.6. The SMILES string of the molecule is CC(C)(C)OC(=O)N1CCN(C(=O)c2ccc(N3CCCC3)cc2Cl)c2ccccc2C1. The third kappa shape index (κ3) is 4.85. The van der Waals surface area contributed by atoms with Gasteiger partial charge in [0.15, 0.2) is 0 Å². The van der Waals surface area contributed by atoms with E-state index in [0.717, 1.165) is 30.0 Å². The fourth-order valence-corrected chi connectivity index (χ4v) is 4.48. The van der Waals surface area contributed by atoms with Crippen molar-refractivity contribution in [1.82, 2.24) is 4.90 Å². The van der Waals surface area contributed by atoms with Gasteiger partial charge in [0.05, 0.1) is 17.1 Å². The van der Waals surface area contributed by atoms with Crippen LogP contribution in [-0.4, -0.2) is 48.7 Å². The molecular weight excluding hydrogens is 426 g/mol. The standard InChI is InChI=1S/C25H30ClN3O3/c1-25(2,3)32-24(31)28-14-15-29(22-9-5-4-8-18(22)17-28)23(30)20-11-10-19(16-21(20)26)27-12-6-7-13-27/h4-5,8-11,16H,6-7,12-15,17H2,1-3H3. The van der Waals surface area contributed by atoms with Crippen molar-refractivity contribution < 1.29 is 14.3 Å². The van der Waals surface area contributed by atoms with Crippen LogP contribution < -0.4 is 9.80 Å². The van der Waals surface area contributed by atoms with E-state index in [1.54, 1.807) is 9.80 Å². The molecule has 0 spiro atoms. The number of benzene rings is 2. The third-order valence-corrected chi connectivity index (χ3v) is 6.10. The number of carbonyl (C=O) groups excluding carboxylic acids is 2. The second kappa shape index (κ2) is 9.02. The number of carbonyl (C=O) groups is 2. The van der Waals surface area contributed by atoms with Crippen molar-refractivity contribution in [3.63, 3.8) is 0 Å². The van der Waals surface area contributed by atoms with Crippen LogP contribution in [0.5, 0.6) is 0 Å². The van der Waals surface area contributed by atoms with Gasteiger partial charge in [-0.2, -0.15) is 0 Å². The van der Waals surface area contributed by atoms with Gasteiger partial charge in [0, 0.05) is 37.6 Å². The van der Waals surface area contributed by atoms with Crippen molar-refractivity contribution in [2.24, 2.45) is 0 Å². The second-order valence-electron chi connectivity index (χ2n) is 9.35. The normalized spacial score (nSPS) is 16.6. The molecule has 0 aromatic heterocycles. The predicted molar refractivity (Wildman–Crippen MR) is 128 cm³/mol. The van der Waals surface area contributed by atoms with Gasteiger partial charge in [-0.15, -0.1) is 0 Å². The molecule has 0 N–H and O–H groups in total. The monoisotopic (exact) mass is 455 g/mol. The van der Waals surface area contributed by atoms with Crippen molar-refractivity contribution in [2.75, 3.05) is 36.0 Å². The maximum atomic E-state index is 13.6. The van der Waals surface area contributed by atoms with Gasteiger partial charge >= 0.3 is 6.09 Å². The largest absolute Gasteiger partial charge is 0.444 e. The van der Waals surface area contributed by atoms with Gasteiger partial charge in [-0.25, -0.2) is 4.79 Å². The van der Waals surface area contributed by atoms with Crippen LogP contribution in [0.1, 0.15) is 49.5 Å². The van der Waals surface area contributed by atoms with Gasteiger partial charge in [0.1, 0.15) is 5.60 Å². The summed E-state index contributed by atoms with van der Waals surface area (Å²) in [5.41, 5.74) is 2.63. The smallest absolute Gasteiger partial charge is 0.410 e. The van der Waals surface area contributed by atoms with E-state index in [1.165, 1.54) is 12.8 Å². The zero-order valence-corrected chi connectivity index (χ0v) is 19.7. The fraction of sp³-hybridized carbons (Fsp3) is 0.440. The number of anilines is 2. The molecule has 2 aromatic carbocycles. The van der Waals surface area contributed by atoms with E-state index >= 15 is 0 Å². The topological polar surface area (TPSA) is 53.1 Å². The van der Waals surface area contributed by atoms with Gasteiger partial charge in [-0.3, -0.25) is 4.79 Å². The Balaban J connectivity index is 1.59. The number of para-hydroxylation sites is 1. The maximum Gasteiger partial charge on any atom is 0.410 e. The summed E-state index contributed by atoms with van der Waals surface area (Å²) in [6, 6.07) is 13.3. The zero-order valence-electron chi connectivity index (χ0n) is 18.9. The molecule has 2 amide bonds. The Morgan fingerprint density at radius 1 is 0.969 bits per heavy atom. The van der Waals surface area contributed by atoms with Crippen LogP contribution >= 0.6 is 11.6 Å². The minimum absolute atomic E-state index is 0.165. The number of rotatable bonds is 2. The van der Waals surface area contributed by atoms with Crippen LogP contribution in [0.3, 0.4) is 0 Å². The van der Waals surface area contributed by atoms with Crippen molar-refractivity contribution in [3.05, 3.63) is 58.6 Å². The van der Waals surface area contributed by atoms with Crippen LogP contribution in [0.4, 0.5) is 16.2 Å². The molecule has 6 nitrogen and oxygen atoms in total. The molecule has 0 radical (unpaired) electrons. The first-order valence-corrected chi connectivity index (χ1v) is 11.5. The molecule has 32 heavy (non-hydrogen) atoms.